The number of carbonyl (C=O) groups excluding carboxylic acids is 1. The third-order valence-electron chi connectivity index (χ3n) is 6.22. The van der Waals surface area contributed by atoms with Gasteiger partial charge >= 0.3 is 11.9 Å². The van der Waals surface area contributed by atoms with Crippen LogP contribution in [0.4, 0.5) is 0 Å². The van der Waals surface area contributed by atoms with Crippen LogP contribution in [0.3, 0.4) is 0 Å². The van der Waals surface area contributed by atoms with E-state index in [1.807, 2.05) is 47.7 Å². The lowest BCUT2D eigenvalue weighted by molar-refractivity contribution is -0.140. The van der Waals surface area contributed by atoms with Gasteiger partial charge < -0.3 is 24.1 Å². The molecule has 216 valence electrons. The molecule has 0 radical (unpaired) electrons. The van der Waals surface area contributed by atoms with Crippen LogP contribution < -0.4 is 29.1 Å². The van der Waals surface area contributed by atoms with Gasteiger partial charge in [0.05, 0.1) is 40.2 Å². The van der Waals surface area contributed by atoms with Gasteiger partial charge in [-0.25, -0.2) is 14.6 Å². The smallest absolute Gasteiger partial charge is 0.341 e. The Labute approximate surface area is 253 Å². The molecule has 4 rings (SSSR count). The van der Waals surface area contributed by atoms with E-state index in [1.165, 1.54) is 23.0 Å². The van der Waals surface area contributed by atoms with E-state index >= 15 is 0 Å². The largest absolute Gasteiger partial charge is 0.496 e. The van der Waals surface area contributed by atoms with Crippen molar-refractivity contribution < 1.29 is 33.6 Å². The van der Waals surface area contributed by atoms with Crippen molar-refractivity contribution in [3.8, 4) is 17.2 Å². The summed E-state index contributed by atoms with van der Waals surface area (Å²) in [7, 11) is 3.00. The van der Waals surface area contributed by atoms with Crippen LogP contribution in [0.2, 0.25) is 0 Å². The Balaban J connectivity index is 1.95. The molecule has 1 aliphatic heterocycles. The summed E-state index contributed by atoms with van der Waals surface area (Å²) in [5, 5.41) is 9.00. The number of esters is 1. The number of rotatable bonds is 11. The van der Waals surface area contributed by atoms with E-state index in [2.05, 4.69) is 0 Å². The number of hydrogen-bond donors (Lipinski definition) is 1. The quantitative estimate of drug-likeness (QED) is 0.239. The maximum absolute atomic E-state index is 14.0. The third-order valence-corrected chi connectivity index (χ3v) is 8.00. The van der Waals surface area contributed by atoms with Gasteiger partial charge in [-0.05, 0) is 65.8 Å². The van der Waals surface area contributed by atoms with E-state index < -0.39 is 24.6 Å². The normalized spacial score (nSPS) is 14.8. The molecule has 0 aliphatic carbocycles. The molecule has 12 heteroatoms. The van der Waals surface area contributed by atoms with Crippen LogP contribution in [-0.4, -0.2) is 49.0 Å². The average molecular weight is 693 g/mol. The number of carboxylic acid groups (broad SMARTS) is 1. The van der Waals surface area contributed by atoms with E-state index in [0.717, 1.165) is 6.42 Å². The molecule has 2 heterocycles. The molecule has 0 bridgehead atoms. The lowest BCUT2D eigenvalue weighted by Crippen LogP contribution is -2.40. The summed E-state index contributed by atoms with van der Waals surface area (Å²) in [4.78, 5) is 43.6. The van der Waals surface area contributed by atoms with Crippen molar-refractivity contribution in [1.82, 2.24) is 4.57 Å². The highest BCUT2D eigenvalue weighted by Crippen LogP contribution is 2.37. The van der Waals surface area contributed by atoms with Gasteiger partial charge in [-0.15, -0.1) is 0 Å². The standard InChI is InChI=1S/C29H29IN2O8S/c1-5-9-19-24(28(36)39-6-2)25(17-10-7-8-11-20(17)37-3)32-27(35)22(41-29(32)31-19)14-16-12-18(30)26(21(13-16)38-4)40-15-23(33)34/h7-8,10-14,25H,5-6,9,15H2,1-4H3,(H,33,34)/b22-14-/t25-/m1/s1. The number of allylic oxidation sites excluding steroid dienone is 1. The Morgan fingerprint density at radius 2 is 1.88 bits per heavy atom. The molecule has 0 amide bonds. The van der Waals surface area contributed by atoms with Crippen molar-refractivity contribution in [2.45, 2.75) is 32.7 Å². The first-order valence-corrected chi connectivity index (χ1v) is 14.7. The molecule has 0 unspecified atom stereocenters. The number of nitrogens with zero attached hydrogens (tertiary/aromatic N) is 2. The number of benzene rings is 2. The zero-order valence-corrected chi connectivity index (χ0v) is 25.9. The number of methoxy groups -OCH3 is 2. The number of thiazole rings is 1. The molecule has 0 fully saturated rings. The summed E-state index contributed by atoms with van der Waals surface area (Å²) in [6, 6.07) is 9.91. The van der Waals surface area contributed by atoms with Gasteiger partial charge in [0, 0.05) is 5.56 Å². The van der Waals surface area contributed by atoms with Gasteiger partial charge in [-0.3, -0.25) is 9.36 Å². The fraction of sp³-hybridized carbons (Fsp3) is 0.310. The molecule has 1 aromatic heterocycles. The fourth-order valence-electron chi connectivity index (χ4n) is 4.56. The van der Waals surface area contributed by atoms with Gasteiger partial charge in [0.25, 0.3) is 5.56 Å². The Morgan fingerprint density at radius 3 is 2.54 bits per heavy atom. The number of aliphatic carboxylic acids is 1. The summed E-state index contributed by atoms with van der Waals surface area (Å²) in [6.45, 7) is 3.39. The van der Waals surface area contributed by atoms with Crippen LogP contribution in [0.5, 0.6) is 17.2 Å². The Bertz CT molecular complexity index is 1690. The highest BCUT2D eigenvalue weighted by Gasteiger charge is 2.35. The summed E-state index contributed by atoms with van der Waals surface area (Å²) >= 11 is 3.24. The zero-order chi connectivity index (χ0) is 29.7. The van der Waals surface area contributed by atoms with Gasteiger partial charge in [0.1, 0.15) is 11.8 Å². The van der Waals surface area contributed by atoms with Crippen LogP contribution in [0, 0.1) is 3.57 Å². The maximum atomic E-state index is 14.0. The predicted octanol–water partition coefficient (Wildman–Crippen LogP) is 3.66. The molecule has 2 aromatic carbocycles. The van der Waals surface area contributed by atoms with E-state index in [4.69, 9.17) is 29.0 Å². The number of halogens is 1. The Kier molecular flexibility index (Phi) is 9.86. The fourth-order valence-corrected chi connectivity index (χ4v) is 6.36. The summed E-state index contributed by atoms with van der Waals surface area (Å²) < 4.78 is 24.4. The van der Waals surface area contributed by atoms with Crippen LogP contribution in [0.1, 0.15) is 43.9 Å². The van der Waals surface area contributed by atoms with E-state index in [9.17, 15) is 14.4 Å². The minimum absolute atomic E-state index is 0.178. The number of fused-ring (bicyclic) bond motifs is 1. The average Bonchev–Trinajstić information content (AvgIpc) is 3.25. The zero-order valence-electron chi connectivity index (χ0n) is 22.9. The van der Waals surface area contributed by atoms with Crippen molar-refractivity contribution in [1.29, 1.82) is 0 Å². The van der Waals surface area contributed by atoms with Gasteiger partial charge in [-0.1, -0.05) is 42.9 Å². The van der Waals surface area contributed by atoms with Crippen LogP contribution in [0.25, 0.3) is 6.08 Å². The molecular weight excluding hydrogens is 663 g/mol. The maximum Gasteiger partial charge on any atom is 0.341 e. The van der Waals surface area contributed by atoms with Gasteiger partial charge in [0.15, 0.2) is 22.9 Å². The van der Waals surface area contributed by atoms with Crippen LogP contribution >= 0.6 is 33.9 Å². The monoisotopic (exact) mass is 692 g/mol. The van der Waals surface area contributed by atoms with Crippen molar-refractivity contribution in [2.75, 3.05) is 27.4 Å². The lowest BCUT2D eigenvalue weighted by atomic mass is 9.93. The number of aromatic nitrogens is 1. The second-order valence-electron chi connectivity index (χ2n) is 8.87. The highest BCUT2D eigenvalue weighted by atomic mass is 127. The minimum atomic E-state index is -1.11. The van der Waals surface area contributed by atoms with E-state index in [1.54, 1.807) is 38.3 Å². The SMILES string of the molecule is CCCC1=C(C(=O)OCC)[C@@H](c2ccccc2OC)n2c(s/c(=C\c3cc(I)c(OCC(=O)O)c(OC)c3)c2=O)=N1. The van der Waals surface area contributed by atoms with Crippen LogP contribution in [0.15, 0.2) is 57.5 Å². The first kappa shape index (κ1) is 30.3. The third kappa shape index (κ3) is 6.32. The minimum Gasteiger partial charge on any atom is -0.496 e. The predicted molar refractivity (Wildman–Crippen MR) is 161 cm³/mol. The number of para-hydroxylation sites is 1. The molecule has 41 heavy (non-hydrogen) atoms. The molecule has 0 saturated carbocycles. The van der Waals surface area contributed by atoms with Crippen LogP contribution in [-0.2, 0) is 14.3 Å². The van der Waals surface area contributed by atoms with Crippen molar-refractivity contribution >= 4 is 51.9 Å². The van der Waals surface area contributed by atoms with Gasteiger partial charge in [-0.2, -0.15) is 0 Å². The Morgan fingerprint density at radius 1 is 1.15 bits per heavy atom. The van der Waals surface area contributed by atoms with Gasteiger partial charge in [0.2, 0.25) is 0 Å². The lowest BCUT2D eigenvalue weighted by Gasteiger charge is -2.26. The summed E-state index contributed by atoms with van der Waals surface area (Å²) in [5.74, 6) is -0.473. The molecule has 1 N–H and O–H groups in total. The first-order chi connectivity index (χ1) is 19.7. The number of hydrogen-bond acceptors (Lipinski definition) is 9. The molecular formula is C29H29IN2O8S. The second-order valence-corrected chi connectivity index (χ2v) is 11.0. The number of carbonyl (C=O) groups is 2. The van der Waals surface area contributed by atoms with E-state index in [-0.39, 0.29) is 12.2 Å². The molecule has 1 aliphatic rings. The molecule has 1 atom stereocenters. The second kappa shape index (κ2) is 13.3. The van der Waals surface area contributed by atoms with E-state index in [0.29, 0.717) is 59.0 Å². The highest BCUT2D eigenvalue weighted by molar-refractivity contribution is 14.1. The van der Waals surface area contributed by atoms with Crippen molar-refractivity contribution in [3.63, 3.8) is 0 Å². The van der Waals surface area contributed by atoms with Crippen molar-refractivity contribution in [2.24, 2.45) is 4.99 Å². The molecule has 10 nitrogen and oxygen atoms in total. The number of ether oxygens (including phenoxy) is 4. The topological polar surface area (TPSA) is 126 Å². The summed E-state index contributed by atoms with van der Waals surface area (Å²) in [5.41, 5.74) is 1.85. The summed E-state index contributed by atoms with van der Waals surface area (Å²) in [6.07, 6.45) is 2.98. The van der Waals surface area contributed by atoms with Crippen molar-refractivity contribution in [3.05, 3.63) is 82.1 Å². The first-order valence-electron chi connectivity index (χ1n) is 12.8. The molecule has 3 aromatic rings. The Hall–Kier alpha value is -3.65. The molecule has 0 spiro atoms. The number of carboxylic acids is 1. The molecule has 0 saturated heterocycles.